The summed E-state index contributed by atoms with van der Waals surface area (Å²) in [6, 6.07) is 14.5. The van der Waals surface area contributed by atoms with Crippen molar-refractivity contribution in [3.8, 4) is 5.75 Å². The molecule has 0 aliphatic carbocycles. The number of carbonyl (C=O) groups excluding carboxylic acids is 1. The molecule has 1 fully saturated rings. The summed E-state index contributed by atoms with van der Waals surface area (Å²) in [5.74, 6) is 0.0773. The number of amides is 1. The third-order valence-corrected chi connectivity index (χ3v) is 3.87. The summed E-state index contributed by atoms with van der Waals surface area (Å²) in [7, 11) is 0. The first-order valence-corrected chi connectivity index (χ1v) is 7.71. The number of morpholine rings is 1. The Balaban J connectivity index is 1.59. The molecule has 0 bridgehead atoms. The molecule has 0 radical (unpaired) electrons. The first-order valence-electron chi connectivity index (χ1n) is 7.71. The number of aromatic hydroxyl groups is 1. The minimum atomic E-state index is -0.123. The maximum absolute atomic E-state index is 12.2. The van der Waals surface area contributed by atoms with Crippen LogP contribution in [0.2, 0.25) is 0 Å². The van der Waals surface area contributed by atoms with Crippen molar-refractivity contribution in [1.82, 2.24) is 5.32 Å². The summed E-state index contributed by atoms with van der Waals surface area (Å²) in [6.45, 7) is 3.63. The van der Waals surface area contributed by atoms with Crippen molar-refractivity contribution in [2.45, 2.75) is 6.54 Å². The molecule has 2 aromatic carbocycles. The zero-order chi connectivity index (χ0) is 16.1. The van der Waals surface area contributed by atoms with Crippen LogP contribution in [0.25, 0.3) is 0 Å². The molecule has 2 N–H and O–H groups in total. The smallest absolute Gasteiger partial charge is 0.251 e. The van der Waals surface area contributed by atoms with E-state index >= 15 is 0 Å². The third-order valence-electron chi connectivity index (χ3n) is 3.87. The Hall–Kier alpha value is -2.53. The van der Waals surface area contributed by atoms with Crippen molar-refractivity contribution in [1.29, 1.82) is 0 Å². The monoisotopic (exact) mass is 312 g/mol. The molecule has 1 amide bonds. The Labute approximate surface area is 135 Å². The molecule has 0 aromatic heterocycles. The van der Waals surface area contributed by atoms with Crippen molar-refractivity contribution in [3.05, 3.63) is 59.7 Å². The van der Waals surface area contributed by atoms with E-state index in [4.69, 9.17) is 4.74 Å². The number of phenolic OH excluding ortho intramolecular Hbond substituents is 1. The highest BCUT2D eigenvalue weighted by atomic mass is 16.5. The quantitative estimate of drug-likeness (QED) is 0.908. The summed E-state index contributed by atoms with van der Waals surface area (Å²) < 4.78 is 5.34. The van der Waals surface area contributed by atoms with Crippen LogP contribution in [0.5, 0.6) is 5.75 Å². The maximum Gasteiger partial charge on any atom is 0.251 e. The van der Waals surface area contributed by atoms with Gasteiger partial charge in [0.1, 0.15) is 5.75 Å². The second kappa shape index (κ2) is 7.15. The molecule has 2 aromatic rings. The van der Waals surface area contributed by atoms with Gasteiger partial charge in [0.25, 0.3) is 5.91 Å². The summed E-state index contributed by atoms with van der Waals surface area (Å²) in [4.78, 5) is 14.4. The minimum Gasteiger partial charge on any atom is -0.508 e. The average molecular weight is 312 g/mol. The van der Waals surface area contributed by atoms with Crippen LogP contribution >= 0.6 is 0 Å². The van der Waals surface area contributed by atoms with Crippen molar-refractivity contribution < 1.29 is 14.6 Å². The Morgan fingerprint density at radius 3 is 2.57 bits per heavy atom. The minimum absolute atomic E-state index is 0.123. The van der Waals surface area contributed by atoms with Gasteiger partial charge >= 0.3 is 0 Å². The zero-order valence-electron chi connectivity index (χ0n) is 12.9. The van der Waals surface area contributed by atoms with Crippen molar-refractivity contribution in [2.24, 2.45) is 0 Å². The normalized spacial score (nSPS) is 14.5. The molecule has 5 nitrogen and oxygen atoms in total. The SMILES string of the molecule is O=C(NCc1cccc(O)c1)c1ccc(N2CCOCC2)cc1. The van der Waals surface area contributed by atoms with Crippen LogP contribution < -0.4 is 10.2 Å². The fraction of sp³-hybridized carbons (Fsp3) is 0.278. The van der Waals surface area contributed by atoms with E-state index in [0.29, 0.717) is 12.1 Å². The first-order chi connectivity index (χ1) is 11.2. The van der Waals surface area contributed by atoms with E-state index in [1.165, 1.54) is 0 Å². The molecule has 3 rings (SSSR count). The predicted molar refractivity (Wildman–Crippen MR) is 88.8 cm³/mol. The van der Waals surface area contributed by atoms with E-state index in [1.54, 1.807) is 18.2 Å². The zero-order valence-corrected chi connectivity index (χ0v) is 12.9. The van der Waals surface area contributed by atoms with Gasteiger partial charge in [0.2, 0.25) is 0 Å². The van der Waals surface area contributed by atoms with Gasteiger partial charge in [-0.25, -0.2) is 0 Å². The van der Waals surface area contributed by atoms with Gasteiger partial charge in [-0.2, -0.15) is 0 Å². The second-order valence-corrected chi connectivity index (χ2v) is 5.50. The molecule has 1 aliphatic heterocycles. The molecular weight excluding hydrogens is 292 g/mol. The Kier molecular flexibility index (Phi) is 4.78. The highest BCUT2D eigenvalue weighted by Gasteiger charge is 2.12. The maximum atomic E-state index is 12.2. The number of rotatable bonds is 4. The van der Waals surface area contributed by atoms with Crippen molar-refractivity contribution >= 4 is 11.6 Å². The average Bonchev–Trinajstić information content (AvgIpc) is 2.61. The fourth-order valence-corrected chi connectivity index (χ4v) is 2.60. The lowest BCUT2D eigenvalue weighted by Gasteiger charge is -2.28. The number of anilines is 1. The van der Waals surface area contributed by atoms with Crippen LogP contribution in [0, 0.1) is 0 Å². The molecule has 5 heteroatoms. The summed E-state index contributed by atoms with van der Waals surface area (Å²) >= 11 is 0. The number of hydrogen-bond acceptors (Lipinski definition) is 4. The second-order valence-electron chi connectivity index (χ2n) is 5.50. The van der Waals surface area contributed by atoms with Crippen molar-refractivity contribution in [2.75, 3.05) is 31.2 Å². The van der Waals surface area contributed by atoms with E-state index in [-0.39, 0.29) is 11.7 Å². The Morgan fingerprint density at radius 1 is 1.13 bits per heavy atom. The molecule has 1 aliphatic rings. The lowest BCUT2D eigenvalue weighted by molar-refractivity contribution is 0.0950. The van der Waals surface area contributed by atoms with Crippen LogP contribution in [0.3, 0.4) is 0 Å². The number of carbonyl (C=O) groups is 1. The van der Waals surface area contributed by atoms with Gasteiger partial charge in [-0.1, -0.05) is 12.1 Å². The molecule has 0 spiro atoms. The number of ether oxygens (including phenoxy) is 1. The van der Waals surface area contributed by atoms with Gasteiger partial charge in [0, 0.05) is 30.9 Å². The number of benzene rings is 2. The van der Waals surface area contributed by atoms with E-state index < -0.39 is 0 Å². The summed E-state index contributed by atoms with van der Waals surface area (Å²) in [6.07, 6.45) is 0. The van der Waals surface area contributed by atoms with Gasteiger partial charge in [-0.3, -0.25) is 4.79 Å². The van der Waals surface area contributed by atoms with E-state index in [2.05, 4.69) is 10.2 Å². The molecular formula is C18H20N2O3. The molecule has 1 saturated heterocycles. The number of phenols is 1. The van der Waals surface area contributed by atoms with Gasteiger partial charge in [0.15, 0.2) is 0 Å². The lowest BCUT2D eigenvalue weighted by atomic mass is 10.1. The van der Waals surface area contributed by atoms with Gasteiger partial charge in [0.05, 0.1) is 13.2 Å². The highest BCUT2D eigenvalue weighted by molar-refractivity contribution is 5.94. The molecule has 0 atom stereocenters. The molecule has 23 heavy (non-hydrogen) atoms. The third kappa shape index (κ3) is 4.02. The van der Waals surface area contributed by atoms with Gasteiger partial charge < -0.3 is 20.1 Å². The first kappa shape index (κ1) is 15.4. The van der Waals surface area contributed by atoms with Crippen LogP contribution in [-0.2, 0) is 11.3 Å². The fourth-order valence-electron chi connectivity index (χ4n) is 2.60. The number of nitrogens with zero attached hydrogens (tertiary/aromatic N) is 1. The van der Waals surface area contributed by atoms with Gasteiger partial charge in [-0.15, -0.1) is 0 Å². The van der Waals surface area contributed by atoms with Crippen molar-refractivity contribution in [3.63, 3.8) is 0 Å². The predicted octanol–water partition coefficient (Wildman–Crippen LogP) is 2.16. The highest BCUT2D eigenvalue weighted by Crippen LogP contribution is 2.17. The number of nitrogens with one attached hydrogen (secondary N) is 1. The standard InChI is InChI=1S/C18H20N2O3/c21-17-3-1-2-14(12-17)13-19-18(22)15-4-6-16(7-5-15)20-8-10-23-11-9-20/h1-7,12,21H,8-11,13H2,(H,19,22). The van der Waals surface area contributed by atoms with Crippen LogP contribution in [-0.4, -0.2) is 37.3 Å². The van der Waals surface area contributed by atoms with Gasteiger partial charge in [-0.05, 0) is 42.0 Å². The molecule has 0 unspecified atom stereocenters. The molecule has 1 heterocycles. The number of hydrogen-bond donors (Lipinski definition) is 2. The molecule has 120 valence electrons. The summed E-state index contributed by atoms with van der Waals surface area (Å²) in [5.41, 5.74) is 2.60. The van der Waals surface area contributed by atoms with E-state index in [9.17, 15) is 9.90 Å². The summed E-state index contributed by atoms with van der Waals surface area (Å²) in [5, 5.41) is 12.3. The van der Waals surface area contributed by atoms with E-state index in [1.807, 2.05) is 30.3 Å². The van der Waals surface area contributed by atoms with Crippen LogP contribution in [0.15, 0.2) is 48.5 Å². The topological polar surface area (TPSA) is 61.8 Å². The Morgan fingerprint density at radius 2 is 1.87 bits per heavy atom. The molecule has 0 saturated carbocycles. The largest absolute Gasteiger partial charge is 0.508 e. The van der Waals surface area contributed by atoms with Crippen LogP contribution in [0.1, 0.15) is 15.9 Å². The van der Waals surface area contributed by atoms with Crippen LogP contribution in [0.4, 0.5) is 5.69 Å². The van der Waals surface area contributed by atoms with E-state index in [0.717, 1.165) is 37.6 Å². The lowest BCUT2D eigenvalue weighted by Crippen LogP contribution is -2.36. The Bertz CT molecular complexity index is 664.